The first-order valence-corrected chi connectivity index (χ1v) is 5.27. The number of nitrogens with two attached hydrogens (primary N) is 1. The van der Waals surface area contributed by atoms with E-state index in [1.165, 1.54) is 18.5 Å². The van der Waals surface area contributed by atoms with E-state index in [0.717, 1.165) is 25.7 Å². The lowest BCUT2D eigenvalue weighted by atomic mass is 9.94. The zero-order valence-electron chi connectivity index (χ0n) is 8.53. The summed E-state index contributed by atoms with van der Waals surface area (Å²) in [5.74, 6) is 0.149. The van der Waals surface area contributed by atoms with Gasteiger partial charge < -0.3 is 10.5 Å². The first kappa shape index (κ1) is 10.4. The zero-order valence-corrected chi connectivity index (χ0v) is 8.53. The monoisotopic (exact) mass is 210 g/mol. The third-order valence-corrected chi connectivity index (χ3v) is 2.70. The van der Waals surface area contributed by atoms with E-state index in [9.17, 15) is 4.39 Å². The molecule has 82 valence electrons. The van der Waals surface area contributed by atoms with Crippen molar-refractivity contribution in [2.45, 2.75) is 37.8 Å². The summed E-state index contributed by atoms with van der Waals surface area (Å²) in [4.78, 5) is 3.74. The predicted molar refractivity (Wildman–Crippen MR) is 55.1 cm³/mol. The van der Waals surface area contributed by atoms with Crippen molar-refractivity contribution in [3.63, 3.8) is 0 Å². The van der Waals surface area contributed by atoms with Crippen LogP contribution in [0.25, 0.3) is 0 Å². The lowest BCUT2D eigenvalue weighted by molar-refractivity contribution is 0.146. The topological polar surface area (TPSA) is 48.1 Å². The maximum Gasteiger partial charge on any atom is 0.145 e. The highest BCUT2D eigenvalue weighted by atomic mass is 19.1. The van der Waals surface area contributed by atoms with Crippen LogP contribution in [0, 0.1) is 5.82 Å². The molecule has 0 unspecified atom stereocenters. The standard InChI is InChI=1S/C11H15FN2O/c12-8-5-11(7-14-6-8)15-10-3-1-9(13)2-4-10/h5-7,9-10H,1-4,13H2. The van der Waals surface area contributed by atoms with Gasteiger partial charge in [-0.2, -0.15) is 0 Å². The van der Waals surface area contributed by atoms with Crippen molar-refractivity contribution in [3.05, 3.63) is 24.3 Å². The minimum atomic E-state index is -0.361. The van der Waals surface area contributed by atoms with Crippen LogP contribution in [-0.4, -0.2) is 17.1 Å². The summed E-state index contributed by atoms with van der Waals surface area (Å²) in [5.41, 5.74) is 5.79. The van der Waals surface area contributed by atoms with Gasteiger partial charge in [0.1, 0.15) is 11.6 Å². The van der Waals surface area contributed by atoms with Crippen molar-refractivity contribution < 1.29 is 9.13 Å². The normalized spacial score (nSPS) is 26.3. The Balaban J connectivity index is 1.92. The van der Waals surface area contributed by atoms with Crippen molar-refractivity contribution in [1.29, 1.82) is 0 Å². The van der Waals surface area contributed by atoms with Gasteiger partial charge in [-0.3, -0.25) is 4.98 Å². The first-order valence-electron chi connectivity index (χ1n) is 5.27. The number of hydrogen-bond acceptors (Lipinski definition) is 3. The van der Waals surface area contributed by atoms with E-state index < -0.39 is 0 Å². The smallest absolute Gasteiger partial charge is 0.145 e. The Morgan fingerprint density at radius 2 is 2.00 bits per heavy atom. The first-order chi connectivity index (χ1) is 7.24. The fourth-order valence-electron chi connectivity index (χ4n) is 1.86. The van der Waals surface area contributed by atoms with Crippen LogP contribution in [0.2, 0.25) is 0 Å². The molecule has 1 aliphatic rings. The average Bonchev–Trinajstić information content (AvgIpc) is 2.22. The molecule has 1 fully saturated rings. The van der Waals surface area contributed by atoms with Crippen LogP contribution in [0.1, 0.15) is 25.7 Å². The maximum atomic E-state index is 12.8. The SMILES string of the molecule is NC1CCC(Oc2cncc(F)c2)CC1. The van der Waals surface area contributed by atoms with Crippen molar-refractivity contribution >= 4 is 0 Å². The van der Waals surface area contributed by atoms with Gasteiger partial charge in [0.15, 0.2) is 0 Å². The van der Waals surface area contributed by atoms with Crippen LogP contribution in [0.5, 0.6) is 5.75 Å². The Morgan fingerprint density at radius 3 is 2.67 bits per heavy atom. The van der Waals surface area contributed by atoms with Gasteiger partial charge in [0.25, 0.3) is 0 Å². The van der Waals surface area contributed by atoms with Crippen LogP contribution in [0.3, 0.4) is 0 Å². The number of aromatic nitrogens is 1. The van der Waals surface area contributed by atoms with E-state index in [1.54, 1.807) is 0 Å². The Bertz CT molecular complexity index is 324. The fourth-order valence-corrected chi connectivity index (χ4v) is 1.86. The summed E-state index contributed by atoms with van der Waals surface area (Å²) in [6.07, 6.45) is 6.71. The minimum absolute atomic E-state index is 0.161. The summed E-state index contributed by atoms with van der Waals surface area (Å²) >= 11 is 0. The minimum Gasteiger partial charge on any atom is -0.489 e. The summed E-state index contributed by atoms with van der Waals surface area (Å²) in [5, 5.41) is 0. The summed E-state index contributed by atoms with van der Waals surface area (Å²) < 4.78 is 18.4. The second-order valence-electron chi connectivity index (χ2n) is 3.99. The Labute approximate surface area is 88.5 Å². The molecule has 0 aliphatic heterocycles. The lowest BCUT2D eigenvalue weighted by Gasteiger charge is -2.26. The number of nitrogens with zero attached hydrogens (tertiary/aromatic N) is 1. The van der Waals surface area contributed by atoms with Crippen LogP contribution in [0.15, 0.2) is 18.5 Å². The quantitative estimate of drug-likeness (QED) is 0.810. The molecule has 0 radical (unpaired) electrons. The molecule has 1 aromatic rings. The molecule has 0 bridgehead atoms. The van der Waals surface area contributed by atoms with Gasteiger partial charge in [0.05, 0.1) is 18.5 Å². The van der Waals surface area contributed by atoms with Gasteiger partial charge in [-0.05, 0) is 25.7 Å². The Hall–Kier alpha value is -1.16. The molecule has 4 heteroatoms. The van der Waals surface area contributed by atoms with Gasteiger partial charge in [-0.15, -0.1) is 0 Å². The molecule has 2 rings (SSSR count). The molecule has 2 N–H and O–H groups in total. The summed E-state index contributed by atoms with van der Waals surface area (Å²) in [6.45, 7) is 0. The van der Waals surface area contributed by atoms with Gasteiger partial charge in [0.2, 0.25) is 0 Å². The van der Waals surface area contributed by atoms with E-state index >= 15 is 0 Å². The molecule has 0 spiro atoms. The molecule has 0 aromatic carbocycles. The molecule has 0 atom stereocenters. The van der Waals surface area contributed by atoms with E-state index in [0.29, 0.717) is 11.8 Å². The van der Waals surface area contributed by atoms with Crippen LogP contribution >= 0.6 is 0 Å². The molecule has 1 saturated carbocycles. The maximum absolute atomic E-state index is 12.8. The zero-order chi connectivity index (χ0) is 10.7. The highest BCUT2D eigenvalue weighted by Gasteiger charge is 2.19. The van der Waals surface area contributed by atoms with Crippen LogP contribution < -0.4 is 10.5 Å². The number of halogens is 1. The molecule has 1 aromatic heterocycles. The fraction of sp³-hybridized carbons (Fsp3) is 0.545. The second-order valence-corrected chi connectivity index (χ2v) is 3.99. The third kappa shape index (κ3) is 2.89. The van der Waals surface area contributed by atoms with Gasteiger partial charge >= 0.3 is 0 Å². The highest BCUT2D eigenvalue weighted by molar-refractivity contribution is 5.17. The number of ether oxygens (including phenoxy) is 1. The van der Waals surface area contributed by atoms with E-state index in [1.807, 2.05) is 0 Å². The number of hydrogen-bond donors (Lipinski definition) is 1. The average molecular weight is 210 g/mol. The number of rotatable bonds is 2. The molecule has 0 amide bonds. The summed E-state index contributed by atoms with van der Waals surface area (Å²) in [7, 11) is 0. The van der Waals surface area contributed by atoms with E-state index in [-0.39, 0.29) is 11.9 Å². The van der Waals surface area contributed by atoms with Gasteiger partial charge in [0, 0.05) is 12.1 Å². The van der Waals surface area contributed by atoms with E-state index in [4.69, 9.17) is 10.5 Å². The summed E-state index contributed by atoms with van der Waals surface area (Å²) in [6, 6.07) is 1.66. The molecule has 0 saturated heterocycles. The van der Waals surface area contributed by atoms with Crippen molar-refractivity contribution in [3.8, 4) is 5.75 Å². The molecular weight excluding hydrogens is 195 g/mol. The van der Waals surface area contributed by atoms with Gasteiger partial charge in [-0.25, -0.2) is 4.39 Å². The predicted octanol–water partition coefficient (Wildman–Crippen LogP) is 1.87. The van der Waals surface area contributed by atoms with Crippen LogP contribution in [-0.2, 0) is 0 Å². The molecular formula is C11H15FN2O. The second kappa shape index (κ2) is 4.57. The van der Waals surface area contributed by atoms with E-state index in [2.05, 4.69) is 4.98 Å². The Kier molecular flexibility index (Phi) is 3.16. The van der Waals surface area contributed by atoms with Gasteiger partial charge in [-0.1, -0.05) is 0 Å². The lowest BCUT2D eigenvalue weighted by Crippen LogP contribution is -2.31. The Morgan fingerprint density at radius 1 is 1.27 bits per heavy atom. The van der Waals surface area contributed by atoms with Crippen molar-refractivity contribution in [2.75, 3.05) is 0 Å². The van der Waals surface area contributed by atoms with Crippen molar-refractivity contribution in [1.82, 2.24) is 4.98 Å². The molecule has 1 heterocycles. The number of pyridine rings is 1. The third-order valence-electron chi connectivity index (χ3n) is 2.70. The van der Waals surface area contributed by atoms with Crippen molar-refractivity contribution in [2.24, 2.45) is 5.73 Å². The van der Waals surface area contributed by atoms with Crippen LogP contribution in [0.4, 0.5) is 4.39 Å². The molecule has 1 aliphatic carbocycles. The molecule has 15 heavy (non-hydrogen) atoms. The molecule has 3 nitrogen and oxygen atoms in total. The highest BCUT2D eigenvalue weighted by Crippen LogP contribution is 2.22. The largest absolute Gasteiger partial charge is 0.489 e.